The van der Waals surface area contributed by atoms with E-state index in [0.717, 1.165) is 0 Å². The number of rotatable bonds is 1. The average molecular weight is 159 g/mol. The summed E-state index contributed by atoms with van der Waals surface area (Å²) in [6.07, 6.45) is -4.36. The van der Waals surface area contributed by atoms with E-state index >= 15 is 0 Å². The lowest BCUT2D eigenvalue weighted by Crippen LogP contribution is -2.06. The quantitative estimate of drug-likeness (QED) is 0.421. The van der Waals surface area contributed by atoms with Gasteiger partial charge in [-0.2, -0.15) is 13.2 Å². The number of hydrogen-bond donors (Lipinski definition) is 0. The van der Waals surface area contributed by atoms with Gasteiger partial charge in [0.15, 0.2) is 0 Å². The molecule has 9 heavy (non-hydrogen) atoms. The normalized spacial score (nSPS) is 13.6. The summed E-state index contributed by atoms with van der Waals surface area (Å²) in [7, 11) is 0. The van der Waals surface area contributed by atoms with Crippen LogP contribution < -0.4 is 0 Å². The lowest BCUT2D eigenvalue weighted by Gasteiger charge is -2.00. The Morgan fingerprint density at radius 2 is 1.89 bits per heavy atom. The Hall–Kier alpha value is -0.510. The molecule has 0 heterocycles. The van der Waals surface area contributed by atoms with Gasteiger partial charge in [-0.05, 0) is 0 Å². The van der Waals surface area contributed by atoms with Gasteiger partial charge in [-0.25, -0.2) is 0 Å². The molecule has 52 valence electrons. The molecule has 0 saturated carbocycles. The maximum Gasteiger partial charge on any atom is 0.427 e. The fraction of sp³-hybridized carbons (Fsp3) is 0.250. The molecule has 0 radical (unpaired) electrons. The van der Waals surface area contributed by atoms with E-state index in [9.17, 15) is 18.0 Å². The minimum atomic E-state index is -4.59. The van der Waals surface area contributed by atoms with E-state index in [1.54, 1.807) is 0 Å². The molecule has 0 fully saturated rings. The van der Waals surface area contributed by atoms with E-state index in [1.165, 1.54) is 0 Å². The highest BCUT2D eigenvalue weighted by molar-refractivity contribution is 6.31. The van der Waals surface area contributed by atoms with E-state index in [0.29, 0.717) is 0 Å². The molecule has 0 saturated heterocycles. The Balaban J connectivity index is 4.19. The summed E-state index contributed by atoms with van der Waals surface area (Å²) < 4.78 is 33.8. The second-order valence-corrected chi connectivity index (χ2v) is 1.56. The minimum Gasteiger partial charge on any atom is -0.299 e. The number of allylic oxidation sites excluding steroid dienone is 2. The van der Waals surface area contributed by atoms with E-state index in [-0.39, 0.29) is 12.4 Å². The van der Waals surface area contributed by atoms with Crippen molar-refractivity contribution in [2.75, 3.05) is 0 Å². The van der Waals surface area contributed by atoms with Crippen molar-refractivity contribution in [2.45, 2.75) is 6.18 Å². The van der Waals surface area contributed by atoms with E-state index in [2.05, 4.69) is 11.6 Å². The van der Waals surface area contributed by atoms with Crippen LogP contribution in [0.25, 0.3) is 0 Å². The Labute approximate surface area is 54.1 Å². The maximum absolute atomic E-state index is 11.3. The van der Waals surface area contributed by atoms with Crippen LogP contribution in [0, 0.1) is 0 Å². The molecule has 0 aromatic rings. The molecule has 0 atom stereocenters. The second kappa shape index (κ2) is 2.87. The zero-order valence-corrected chi connectivity index (χ0v) is 4.83. The lowest BCUT2D eigenvalue weighted by atomic mass is 10.5. The fourth-order valence-corrected chi connectivity index (χ4v) is 0.206. The Bertz CT molecular complexity index is 137. The first-order valence-corrected chi connectivity index (χ1v) is 2.24. The molecule has 1 nitrogen and oxygen atoms in total. The van der Waals surface area contributed by atoms with E-state index < -0.39 is 11.2 Å². The van der Waals surface area contributed by atoms with Crippen LogP contribution in [0.15, 0.2) is 11.1 Å². The van der Waals surface area contributed by atoms with Gasteiger partial charge in [0, 0.05) is 6.08 Å². The van der Waals surface area contributed by atoms with Gasteiger partial charge in [0.2, 0.25) is 0 Å². The first kappa shape index (κ1) is 8.49. The number of halogens is 4. The van der Waals surface area contributed by atoms with Gasteiger partial charge in [-0.15, -0.1) is 0 Å². The van der Waals surface area contributed by atoms with Gasteiger partial charge in [-0.1, -0.05) is 11.6 Å². The zero-order valence-electron chi connectivity index (χ0n) is 4.07. The van der Waals surface area contributed by atoms with Crippen LogP contribution in [0.4, 0.5) is 13.2 Å². The summed E-state index contributed by atoms with van der Waals surface area (Å²) in [6.45, 7) is 0. The molecular weight excluding hydrogens is 156 g/mol. The fourth-order valence-electron chi connectivity index (χ4n) is 0.154. The Kier molecular flexibility index (Phi) is 2.70. The molecule has 0 rings (SSSR count). The van der Waals surface area contributed by atoms with Crippen LogP contribution >= 0.6 is 11.6 Å². The highest BCUT2D eigenvalue weighted by atomic mass is 35.5. The first-order valence-electron chi connectivity index (χ1n) is 1.86. The van der Waals surface area contributed by atoms with Crippen molar-refractivity contribution < 1.29 is 18.0 Å². The van der Waals surface area contributed by atoms with Crippen molar-refractivity contribution in [3.63, 3.8) is 0 Å². The topological polar surface area (TPSA) is 17.1 Å². The Morgan fingerprint density at radius 3 is 2.00 bits per heavy atom. The van der Waals surface area contributed by atoms with Gasteiger partial charge in [0.1, 0.15) is 11.3 Å². The summed E-state index contributed by atoms with van der Waals surface area (Å²) in [5, 5.41) is -1.41. The standard InChI is InChI=1S/C4H2ClF3O/c5-3(1-2-9)4(6,7)8/h1-2H/b3-1+. The predicted octanol–water partition coefficient (Wildman–Crippen LogP) is 1.87. The molecule has 0 aromatic carbocycles. The summed E-state index contributed by atoms with van der Waals surface area (Å²) in [4.78, 5) is 9.40. The third-order valence-electron chi connectivity index (χ3n) is 0.485. The molecule has 0 amide bonds. The molecule has 0 aliphatic rings. The molecule has 0 aliphatic carbocycles. The predicted molar refractivity (Wildman–Crippen MR) is 26.1 cm³/mol. The van der Waals surface area contributed by atoms with Gasteiger partial charge in [-0.3, -0.25) is 4.79 Å². The van der Waals surface area contributed by atoms with E-state index in [4.69, 9.17) is 0 Å². The molecule has 0 spiro atoms. The molecule has 0 N–H and O–H groups in total. The third kappa shape index (κ3) is 3.13. The summed E-state index contributed by atoms with van der Waals surface area (Å²) in [5.41, 5.74) is 0. The van der Waals surface area contributed by atoms with Crippen molar-refractivity contribution in [3.05, 3.63) is 11.1 Å². The number of alkyl halides is 3. The van der Waals surface area contributed by atoms with Gasteiger partial charge in [0.25, 0.3) is 0 Å². The van der Waals surface area contributed by atoms with Crippen LogP contribution in [-0.2, 0) is 4.79 Å². The van der Waals surface area contributed by atoms with Crippen molar-refractivity contribution >= 4 is 17.9 Å². The van der Waals surface area contributed by atoms with E-state index in [1.807, 2.05) is 0 Å². The van der Waals surface area contributed by atoms with Crippen LogP contribution in [-0.4, -0.2) is 12.5 Å². The molecule has 5 heteroatoms. The van der Waals surface area contributed by atoms with Gasteiger partial charge in [0.05, 0.1) is 0 Å². The highest BCUT2D eigenvalue weighted by Crippen LogP contribution is 2.27. The molecule has 0 unspecified atom stereocenters. The number of aldehydes is 1. The summed E-state index contributed by atoms with van der Waals surface area (Å²) >= 11 is 4.56. The Morgan fingerprint density at radius 1 is 1.44 bits per heavy atom. The third-order valence-corrected chi connectivity index (χ3v) is 0.825. The SMILES string of the molecule is O=C/C=C(/Cl)C(F)(F)F. The smallest absolute Gasteiger partial charge is 0.299 e. The molecule has 0 bridgehead atoms. The first-order chi connectivity index (χ1) is 3.98. The van der Waals surface area contributed by atoms with Crippen LogP contribution in [0.3, 0.4) is 0 Å². The number of hydrogen-bond acceptors (Lipinski definition) is 1. The number of carbonyl (C=O) groups is 1. The largest absolute Gasteiger partial charge is 0.427 e. The monoisotopic (exact) mass is 158 g/mol. The van der Waals surface area contributed by atoms with Crippen molar-refractivity contribution in [1.29, 1.82) is 0 Å². The average Bonchev–Trinajstić information content (AvgIpc) is 1.64. The zero-order chi connectivity index (χ0) is 7.49. The summed E-state index contributed by atoms with van der Waals surface area (Å²) in [6, 6.07) is 0. The van der Waals surface area contributed by atoms with Crippen molar-refractivity contribution in [2.24, 2.45) is 0 Å². The molecule has 0 aromatic heterocycles. The van der Waals surface area contributed by atoms with Crippen LogP contribution in [0.2, 0.25) is 0 Å². The van der Waals surface area contributed by atoms with Gasteiger partial charge >= 0.3 is 6.18 Å². The summed E-state index contributed by atoms with van der Waals surface area (Å²) in [5.74, 6) is 0. The van der Waals surface area contributed by atoms with Crippen LogP contribution in [0.5, 0.6) is 0 Å². The molecule has 0 aliphatic heterocycles. The minimum absolute atomic E-state index is 0.0180. The lowest BCUT2D eigenvalue weighted by molar-refractivity contribution is -0.105. The number of carbonyl (C=O) groups excluding carboxylic acids is 1. The van der Waals surface area contributed by atoms with Gasteiger partial charge < -0.3 is 0 Å². The maximum atomic E-state index is 11.3. The second-order valence-electron chi connectivity index (χ2n) is 1.15. The van der Waals surface area contributed by atoms with Crippen molar-refractivity contribution in [1.82, 2.24) is 0 Å². The molecular formula is C4H2ClF3O. The van der Waals surface area contributed by atoms with Crippen molar-refractivity contribution in [3.8, 4) is 0 Å². The highest BCUT2D eigenvalue weighted by Gasteiger charge is 2.31. The van der Waals surface area contributed by atoms with Crippen LogP contribution in [0.1, 0.15) is 0 Å².